The summed E-state index contributed by atoms with van der Waals surface area (Å²) in [5, 5.41) is 2.63. The standard InChI is InChI=1S/C8H12N2O2S/c1-6(2)12-8(11)10-4-7-3-9-5-13-7/h3,5-6H,4H2,1-2H3,(H,10,11). The minimum atomic E-state index is -0.386. The van der Waals surface area contributed by atoms with Gasteiger partial charge in [-0.1, -0.05) is 0 Å². The zero-order valence-electron chi connectivity index (χ0n) is 7.61. The summed E-state index contributed by atoms with van der Waals surface area (Å²) < 4.78 is 4.88. The summed E-state index contributed by atoms with van der Waals surface area (Å²) in [7, 11) is 0. The maximum absolute atomic E-state index is 11.0. The molecule has 1 amide bonds. The average Bonchev–Trinajstić information content (AvgIpc) is 2.51. The Labute approximate surface area is 80.9 Å². The summed E-state index contributed by atoms with van der Waals surface area (Å²) >= 11 is 1.50. The number of aromatic nitrogens is 1. The first-order valence-electron chi connectivity index (χ1n) is 4.00. The zero-order chi connectivity index (χ0) is 9.68. The highest BCUT2D eigenvalue weighted by molar-refractivity contribution is 7.09. The molecule has 0 aromatic carbocycles. The van der Waals surface area contributed by atoms with Gasteiger partial charge in [-0.25, -0.2) is 4.79 Å². The monoisotopic (exact) mass is 200 g/mol. The molecule has 1 aromatic rings. The lowest BCUT2D eigenvalue weighted by Gasteiger charge is -2.07. The van der Waals surface area contributed by atoms with Crippen molar-refractivity contribution in [3.05, 3.63) is 16.6 Å². The van der Waals surface area contributed by atoms with Crippen LogP contribution in [0.3, 0.4) is 0 Å². The Bertz CT molecular complexity index is 259. The van der Waals surface area contributed by atoms with E-state index in [-0.39, 0.29) is 12.2 Å². The fourth-order valence-corrected chi connectivity index (χ4v) is 1.28. The topological polar surface area (TPSA) is 51.2 Å². The van der Waals surface area contributed by atoms with E-state index < -0.39 is 0 Å². The van der Waals surface area contributed by atoms with Crippen molar-refractivity contribution in [3.8, 4) is 0 Å². The van der Waals surface area contributed by atoms with Crippen LogP contribution >= 0.6 is 11.3 Å². The van der Waals surface area contributed by atoms with Gasteiger partial charge in [0.05, 0.1) is 18.2 Å². The highest BCUT2D eigenvalue weighted by Crippen LogP contribution is 2.04. The molecule has 0 atom stereocenters. The number of rotatable bonds is 3. The number of hydrogen-bond donors (Lipinski definition) is 1. The molecule has 1 heterocycles. The number of alkyl carbamates (subject to hydrolysis) is 1. The molecule has 0 spiro atoms. The fraction of sp³-hybridized carbons (Fsp3) is 0.500. The van der Waals surface area contributed by atoms with Crippen LogP contribution in [0.15, 0.2) is 11.7 Å². The van der Waals surface area contributed by atoms with Gasteiger partial charge in [-0.05, 0) is 13.8 Å². The van der Waals surface area contributed by atoms with E-state index in [0.29, 0.717) is 6.54 Å². The first kappa shape index (κ1) is 9.98. The molecule has 0 aliphatic carbocycles. The van der Waals surface area contributed by atoms with Crippen LogP contribution in [0.2, 0.25) is 0 Å². The Morgan fingerprint density at radius 1 is 1.77 bits per heavy atom. The van der Waals surface area contributed by atoms with E-state index in [9.17, 15) is 4.79 Å². The van der Waals surface area contributed by atoms with Crippen LogP contribution in [0.1, 0.15) is 18.7 Å². The average molecular weight is 200 g/mol. The number of carbonyl (C=O) groups excluding carboxylic acids is 1. The first-order valence-corrected chi connectivity index (χ1v) is 4.88. The third kappa shape index (κ3) is 3.89. The van der Waals surface area contributed by atoms with E-state index in [2.05, 4.69) is 10.3 Å². The molecule has 0 bridgehead atoms. The predicted octanol–water partition coefficient (Wildman–Crippen LogP) is 1.78. The molecule has 13 heavy (non-hydrogen) atoms. The van der Waals surface area contributed by atoms with E-state index in [1.165, 1.54) is 11.3 Å². The van der Waals surface area contributed by atoms with Gasteiger partial charge in [0, 0.05) is 11.1 Å². The number of amides is 1. The minimum Gasteiger partial charge on any atom is -0.447 e. The summed E-state index contributed by atoms with van der Waals surface area (Å²) in [6.07, 6.45) is 1.25. The van der Waals surface area contributed by atoms with Crippen LogP contribution in [-0.2, 0) is 11.3 Å². The third-order valence-electron chi connectivity index (χ3n) is 1.23. The smallest absolute Gasteiger partial charge is 0.407 e. The maximum Gasteiger partial charge on any atom is 0.407 e. The molecule has 5 heteroatoms. The second kappa shape index (κ2) is 4.81. The van der Waals surface area contributed by atoms with Gasteiger partial charge in [0.25, 0.3) is 0 Å². The van der Waals surface area contributed by atoms with Crippen LogP contribution in [0.4, 0.5) is 4.79 Å². The molecule has 72 valence electrons. The van der Waals surface area contributed by atoms with Gasteiger partial charge in [-0.15, -0.1) is 11.3 Å². The van der Waals surface area contributed by atoms with Crippen molar-refractivity contribution in [2.75, 3.05) is 0 Å². The summed E-state index contributed by atoms with van der Waals surface area (Å²) in [6.45, 7) is 4.11. The number of thiazole rings is 1. The Hall–Kier alpha value is -1.10. The molecule has 0 aliphatic heterocycles. The molecule has 0 unspecified atom stereocenters. The van der Waals surface area contributed by atoms with Crippen molar-refractivity contribution in [1.29, 1.82) is 0 Å². The molecular weight excluding hydrogens is 188 g/mol. The highest BCUT2D eigenvalue weighted by atomic mass is 32.1. The molecule has 1 aromatic heterocycles. The van der Waals surface area contributed by atoms with E-state index in [1.54, 1.807) is 11.7 Å². The summed E-state index contributed by atoms with van der Waals surface area (Å²) in [5.74, 6) is 0. The van der Waals surface area contributed by atoms with Gasteiger partial charge < -0.3 is 10.1 Å². The van der Waals surface area contributed by atoms with Crippen molar-refractivity contribution in [2.45, 2.75) is 26.5 Å². The van der Waals surface area contributed by atoms with Crippen molar-refractivity contribution in [1.82, 2.24) is 10.3 Å². The lowest BCUT2D eigenvalue weighted by Crippen LogP contribution is -2.25. The van der Waals surface area contributed by atoms with Gasteiger partial charge in [0.1, 0.15) is 0 Å². The van der Waals surface area contributed by atoms with E-state index in [4.69, 9.17) is 4.74 Å². The Morgan fingerprint density at radius 3 is 3.08 bits per heavy atom. The fourth-order valence-electron chi connectivity index (χ4n) is 0.744. The number of nitrogens with one attached hydrogen (secondary N) is 1. The van der Waals surface area contributed by atoms with Crippen molar-refractivity contribution >= 4 is 17.4 Å². The lowest BCUT2D eigenvalue weighted by molar-refractivity contribution is 0.115. The lowest BCUT2D eigenvalue weighted by atomic mass is 10.5. The molecule has 0 saturated carbocycles. The number of nitrogens with zero attached hydrogens (tertiary/aromatic N) is 1. The number of carbonyl (C=O) groups is 1. The van der Waals surface area contributed by atoms with Crippen LogP contribution in [0, 0.1) is 0 Å². The van der Waals surface area contributed by atoms with Crippen molar-refractivity contribution < 1.29 is 9.53 Å². The molecule has 0 fully saturated rings. The van der Waals surface area contributed by atoms with Gasteiger partial charge in [-0.3, -0.25) is 4.98 Å². The van der Waals surface area contributed by atoms with Crippen molar-refractivity contribution in [3.63, 3.8) is 0 Å². The molecule has 4 nitrogen and oxygen atoms in total. The zero-order valence-corrected chi connectivity index (χ0v) is 8.43. The summed E-state index contributed by atoms with van der Waals surface area (Å²) in [4.78, 5) is 15.9. The Kier molecular flexibility index (Phi) is 3.70. The van der Waals surface area contributed by atoms with Gasteiger partial charge in [-0.2, -0.15) is 0 Å². The van der Waals surface area contributed by atoms with E-state index in [1.807, 2.05) is 13.8 Å². The molecule has 1 N–H and O–H groups in total. The largest absolute Gasteiger partial charge is 0.447 e. The molecule has 0 saturated heterocycles. The molecule has 0 radical (unpaired) electrons. The summed E-state index contributed by atoms with van der Waals surface area (Å²) in [5.41, 5.74) is 1.73. The highest BCUT2D eigenvalue weighted by Gasteiger charge is 2.04. The van der Waals surface area contributed by atoms with Crippen LogP contribution < -0.4 is 5.32 Å². The number of hydrogen-bond acceptors (Lipinski definition) is 4. The van der Waals surface area contributed by atoms with Crippen molar-refractivity contribution in [2.24, 2.45) is 0 Å². The van der Waals surface area contributed by atoms with Gasteiger partial charge in [0.15, 0.2) is 0 Å². The predicted molar refractivity (Wildman–Crippen MR) is 50.6 cm³/mol. The Balaban J connectivity index is 2.23. The minimum absolute atomic E-state index is 0.0820. The quantitative estimate of drug-likeness (QED) is 0.809. The molecule has 1 rings (SSSR count). The van der Waals surface area contributed by atoms with Gasteiger partial charge in [0.2, 0.25) is 0 Å². The van der Waals surface area contributed by atoms with Crippen LogP contribution in [-0.4, -0.2) is 17.2 Å². The second-order valence-corrected chi connectivity index (χ2v) is 3.75. The third-order valence-corrected chi connectivity index (χ3v) is 2.01. The van der Waals surface area contributed by atoms with Gasteiger partial charge >= 0.3 is 6.09 Å². The van der Waals surface area contributed by atoms with E-state index in [0.717, 1.165) is 4.88 Å². The molecule has 0 aliphatic rings. The van der Waals surface area contributed by atoms with Crippen LogP contribution in [0.5, 0.6) is 0 Å². The Morgan fingerprint density at radius 2 is 2.54 bits per heavy atom. The van der Waals surface area contributed by atoms with Crippen LogP contribution in [0.25, 0.3) is 0 Å². The normalized spacial score (nSPS) is 10.1. The number of ether oxygens (including phenoxy) is 1. The maximum atomic E-state index is 11.0. The SMILES string of the molecule is CC(C)OC(=O)NCc1cncs1. The molecular formula is C8H12N2O2S. The van der Waals surface area contributed by atoms with E-state index >= 15 is 0 Å². The first-order chi connectivity index (χ1) is 6.18. The summed E-state index contributed by atoms with van der Waals surface area (Å²) in [6, 6.07) is 0. The second-order valence-electron chi connectivity index (χ2n) is 2.78.